The first-order valence-corrected chi connectivity index (χ1v) is 13.0. The minimum Gasteiger partial charge on any atom is -0.469 e. The highest BCUT2D eigenvalue weighted by Crippen LogP contribution is 2.30. The predicted octanol–water partition coefficient (Wildman–Crippen LogP) is 2.69. The summed E-state index contributed by atoms with van der Waals surface area (Å²) in [7, 11) is 0. The van der Waals surface area contributed by atoms with Crippen molar-refractivity contribution in [2.75, 3.05) is 51.6 Å². The lowest BCUT2D eigenvalue weighted by Gasteiger charge is -2.35. The highest BCUT2D eigenvalue weighted by molar-refractivity contribution is 7.99. The Morgan fingerprint density at radius 3 is 2.31 bits per heavy atom. The lowest BCUT2D eigenvalue weighted by Crippen LogP contribution is -2.51. The first kappa shape index (κ1) is 23.6. The number of piperazine rings is 1. The Labute approximate surface area is 209 Å². The maximum absolute atomic E-state index is 13.0. The second-order valence-electron chi connectivity index (χ2n) is 8.90. The van der Waals surface area contributed by atoms with Crippen molar-refractivity contribution in [2.45, 2.75) is 24.9 Å². The molecule has 10 heteroatoms. The van der Waals surface area contributed by atoms with E-state index in [0.29, 0.717) is 30.6 Å². The van der Waals surface area contributed by atoms with Gasteiger partial charge in [-0.05, 0) is 38.0 Å². The zero-order valence-corrected chi connectivity index (χ0v) is 20.7. The van der Waals surface area contributed by atoms with Crippen LogP contribution in [-0.2, 0) is 9.59 Å². The van der Waals surface area contributed by atoms with Crippen molar-refractivity contribution in [1.82, 2.24) is 29.5 Å². The number of likely N-dealkylation sites (tertiary alicyclic amines) is 1. The fourth-order valence-electron chi connectivity index (χ4n) is 4.60. The number of rotatable bonds is 7. The summed E-state index contributed by atoms with van der Waals surface area (Å²) in [6.07, 6.45) is 3.85. The molecular formula is C25H30N6O3S. The van der Waals surface area contributed by atoms with Crippen molar-refractivity contribution in [3.63, 3.8) is 0 Å². The Morgan fingerprint density at radius 1 is 0.914 bits per heavy atom. The van der Waals surface area contributed by atoms with Crippen LogP contribution in [0.3, 0.4) is 0 Å². The van der Waals surface area contributed by atoms with Crippen LogP contribution in [0, 0.1) is 6.92 Å². The third kappa shape index (κ3) is 5.28. The van der Waals surface area contributed by atoms with Crippen molar-refractivity contribution in [1.29, 1.82) is 0 Å². The molecule has 1 aromatic carbocycles. The van der Waals surface area contributed by atoms with E-state index in [1.54, 1.807) is 6.26 Å². The quantitative estimate of drug-likeness (QED) is 0.467. The fourth-order valence-corrected chi connectivity index (χ4v) is 5.45. The highest BCUT2D eigenvalue weighted by atomic mass is 32.2. The van der Waals surface area contributed by atoms with E-state index >= 15 is 0 Å². The van der Waals surface area contributed by atoms with Crippen LogP contribution in [0.2, 0.25) is 0 Å². The number of benzene rings is 1. The molecule has 2 fully saturated rings. The summed E-state index contributed by atoms with van der Waals surface area (Å²) < 4.78 is 7.45. The Balaban J connectivity index is 1.21. The number of hydrogen-bond acceptors (Lipinski definition) is 7. The van der Waals surface area contributed by atoms with Gasteiger partial charge in [-0.1, -0.05) is 30.0 Å². The highest BCUT2D eigenvalue weighted by Gasteiger charge is 2.26. The predicted molar refractivity (Wildman–Crippen MR) is 133 cm³/mol. The van der Waals surface area contributed by atoms with Gasteiger partial charge in [-0.25, -0.2) is 0 Å². The first-order valence-electron chi connectivity index (χ1n) is 12.1. The van der Waals surface area contributed by atoms with Gasteiger partial charge in [0.2, 0.25) is 11.8 Å². The van der Waals surface area contributed by atoms with Crippen LogP contribution in [0.25, 0.3) is 17.1 Å². The Kier molecular flexibility index (Phi) is 7.19. The first-order chi connectivity index (χ1) is 17.1. The molecule has 2 saturated heterocycles. The molecule has 5 rings (SSSR count). The van der Waals surface area contributed by atoms with E-state index in [4.69, 9.17) is 4.42 Å². The summed E-state index contributed by atoms with van der Waals surface area (Å²) in [5, 5.41) is 9.49. The normalized spacial score (nSPS) is 16.7. The van der Waals surface area contributed by atoms with Crippen LogP contribution in [0.5, 0.6) is 0 Å². The second kappa shape index (κ2) is 10.7. The molecule has 0 spiro atoms. The van der Waals surface area contributed by atoms with Crippen LogP contribution in [0.15, 0.2) is 52.2 Å². The minimum absolute atomic E-state index is 0.0733. The van der Waals surface area contributed by atoms with Gasteiger partial charge < -0.3 is 14.2 Å². The van der Waals surface area contributed by atoms with E-state index in [-0.39, 0.29) is 17.6 Å². The van der Waals surface area contributed by atoms with Crippen molar-refractivity contribution >= 4 is 23.6 Å². The molecule has 184 valence electrons. The van der Waals surface area contributed by atoms with Crippen molar-refractivity contribution in [2.24, 2.45) is 0 Å². The smallest absolute Gasteiger partial charge is 0.236 e. The van der Waals surface area contributed by atoms with Crippen molar-refractivity contribution in [3.8, 4) is 17.1 Å². The molecule has 0 aliphatic carbocycles. The number of furan rings is 1. The van der Waals surface area contributed by atoms with Gasteiger partial charge in [0.15, 0.2) is 11.0 Å². The van der Waals surface area contributed by atoms with Gasteiger partial charge in [-0.3, -0.25) is 19.1 Å². The van der Waals surface area contributed by atoms with Crippen LogP contribution < -0.4 is 0 Å². The maximum Gasteiger partial charge on any atom is 0.236 e. The van der Waals surface area contributed by atoms with Crippen LogP contribution >= 0.6 is 11.8 Å². The monoisotopic (exact) mass is 494 g/mol. The van der Waals surface area contributed by atoms with Crippen LogP contribution in [-0.4, -0.2) is 92.8 Å². The average Bonchev–Trinajstić information content (AvgIpc) is 3.64. The minimum atomic E-state index is 0.0733. The molecule has 0 unspecified atom stereocenters. The third-order valence-electron chi connectivity index (χ3n) is 6.61. The number of para-hydroxylation sites is 1. The van der Waals surface area contributed by atoms with Gasteiger partial charge in [0.05, 0.1) is 24.1 Å². The summed E-state index contributed by atoms with van der Waals surface area (Å²) in [4.78, 5) is 31.4. The number of aryl methyl sites for hydroxylation is 1. The zero-order chi connectivity index (χ0) is 24.2. The SMILES string of the molecule is Cc1occc1-c1nnc(SCC(=O)N2CCN(CC(=O)N3CCCC3)CC2)n1-c1ccccc1. The molecular weight excluding hydrogens is 464 g/mol. The lowest BCUT2D eigenvalue weighted by molar-refractivity contribution is -0.133. The van der Waals surface area contributed by atoms with Crippen molar-refractivity contribution < 1.29 is 14.0 Å². The summed E-state index contributed by atoms with van der Waals surface area (Å²) >= 11 is 1.39. The number of carbonyl (C=O) groups excluding carboxylic acids is 2. The molecule has 2 aliphatic rings. The van der Waals surface area contributed by atoms with Gasteiger partial charge in [0.1, 0.15) is 5.76 Å². The van der Waals surface area contributed by atoms with Gasteiger partial charge >= 0.3 is 0 Å². The molecule has 2 aromatic heterocycles. The summed E-state index contributed by atoms with van der Waals surface area (Å²) in [5.74, 6) is 2.02. The molecule has 4 heterocycles. The number of carbonyl (C=O) groups is 2. The molecule has 0 bridgehead atoms. The molecule has 3 aromatic rings. The Bertz CT molecular complexity index is 1160. The van der Waals surface area contributed by atoms with Crippen LogP contribution in [0.1, 0.15) is 18.6 Å². The molecule has 2 amide bonds. The van der Waals surface area contributed by atoms with Crippen LogP contribution in [0.4, 0.5) is 0 Å². The number of hydrogen-bond donors (Lipinski definition) is 0. The van der Waals surface area contributed by atoms with E-state index in [1.165, 1.54) is 11.8 Å². The number of thioether (sulfide) groups is 1. The number of nitrogens with zero attached hydrogens (tertiary/aromatic N) is 6. The molecule has 35 heavy (non-hydrogen) atoms. The topological polar surface area (TPSA) is 87.7 Å². The lowest BCUT2D eigenvalue weighted by atomic mass is 10.2. The van der Waals surface area contributed by atoms with Gasteiger partial charge in [-0.2, -0.15) is 0 Å². The molecule has 2 aliphatic heterocycles. The fraction of sp³-hybridized carbons (Fsp3) is 0.440. The van der Waals surface area contributed by atoms with Gasteiger partial charge in [0.25, 0.3) is 0 Å². The van der Waals surface area contributed by atoms with Gasteiger partial charge in [0, 0.05) is 45.0 Å². The molecule has 0 atom stereocenters. The summed E-state index contributed by atoms with van der Waals surface area (Å²) in [6, 6.07) is 11.8. The van der Waals surface area contributed by atoms with Gasteiger partial charge in [-0.15, -0.1) is 10.2 Å². The molecule has 0 radical (unpaired) electrons. The number of aromatic nitrogens is 3. The van der Waals surface area contributed by atoms with Crippen molar-refractivity contribution in [3.05, 3.63) is 48.4 Å². The Morgan fingerprint density at radius 2 is 1.63 bits per heavy atom. The zero-order valence-electron chi connectivity index (χ0n) is 19.9. The van der Waals surface area contributed by atoms with E-state index in [2.05, 4.69) is 15.1 Å². The van der Waals surface area contributed by atoms with E-state index in [0.717, 1.165) is 56.0 Å². The van der Waals surface area contributed by atoms with E-state index < -0.39 is 0 Å². The molecule has 0 saturated carbocycles. The average molecular weight is 495 g/mol. The number of amides is 2. The second-order valence-corrected chi connectivity index (χ2v) is 9.84. The summed E-state index contributed by atoms with van der Waals surface area (Å²) in [6.45, 7) is 6.82. The molecule has 9 nitrogen and oxygen atoms in total. The Hall–Kier alpha value is -3.11. The van der Waals surface area contributed by atoms with E-state index in [1.807, 2.05) is 57.7 Å². The third-order valence-corrected chi connectivity index (χ3v) is 7.53. The molecule has 0 N–H and O–H groups in total. The van der Waals surface area contributed by atoms with E-state index in [9.17, 15) is 9.59 Å². The maximum atomic E-state index is 13.0. The largest absolute Gasteiger partial charge is 0.469 e. The summed E-state index contributed by atoms with van der Waals surface area (Å²) in [5.41, 5.74) is 1.80. The standard InChI is InChI=1S/C25H30N6O3S/c1-19-21(9-16-34-19)24-26-27-25(31(24)20-7-3-2-4-8-20)35-18-23(33)30-14-12-28(13-15-30)17-22(32)29-10-5-6-11-29/h2-4,7-9,16H,5-6,10-15,17-18H2,1H3.